The Morgan fingerprint density at radius 1 is 1.03 bits per heavy atom. The molecule has 1 saturated heterocycles. The molecule has 0 amide bonds. The third-order valence-corrected chi connectivity index (χ3v) is 5.90. The van der Waals surface area contributed by atoms with E-state index in [1.807, 2.05) is 60.7 Å². The van der Waals surface area contributed by atoms with Gasteiger partial charge >= 0.3 is 5.69 Å². The van der Waals surface area contributed by atoms with E-state index in [1.165, 1.54) is 13.1 Å². The number of rotatable bonds is 9. The lowest BCUT2D eigenvalue weighted by atomic mass is 9.88. The van der Waals surface area contributed by atoms with E-state index in [9.17, 15) is 19.1 Å². The monoisotopic (exact) mass is 470 g/mol. The number of ether oxygens (including phenoxy) is 3. The summed E-state index contributed by atoms with van der Waals surface area (Å²) in [7, 11) is 0. The van der Waals surface area contributed by atoms with E-state index in [0.29, 0.717) is 0 Å². The summed E-state index contributed by atoms with van der Waals surface area (Å²) in [5, 5.41) is 11.5. The first-order valence-corrected chi connectivity index (χ1v) is 10.9. The maximum atomic E-state index is 14.7. The number of aliphatic hydroxyl groups is 1. The van der Waals surface area contributed by atoms with Crippen molar-refractivity contribution in [3.05, 3.63) is 105 Å². The highest BCUT2D eigenvalue weighted by molar-refractivity contribution is 5.16. The van der Waals surface area contributed by atoms with E-state index in [-0.39, 0.29) is 19.8 Å². The largest absolute Gasteiger partial charge is 0.383 e. The topological polar surface area (TPSA) is 103 Å². The molecule has 4 rings (SSSR count). The van der Waals surface area contributed by atoms with Gasteiger partial charge in [-0.1, -0.05) is 60.7 Å². The van der Waals surface area contributed by atoms with Gasteiger partial charge in [-0.15, -0.1) is 0 Å². The molecule has 0 unspecified atom stereocenters. The second kappa shape index (κ2) is 10.0. The summed E-state index contributed by atoms with van der Waals surface area (Å²) >= 11 is 0. The second-order valence-corrected chi connectivity index (χ2v) is 8.57. The fraction of sp³-hybridized carbons (Fsp3) is 0.360. The van der Waals surface area contributed by atoms with Crippen LogP contribution in [0, 0.1) is 0 Å². The molecule has 0 radical (unpaired) electrons. The Bertz CT molecular complexity index is 1200. The highest BCUT2D eigenvalue weighted by atomic mass is 19.1. The van der Waals surface area contributed by atoms with Crippen molar-refractivity contribution in [2.24, 2.45) is 0 Å². The molecule has 4 atom stereocenters. The highest BCUT2D eigenvalue weighted by Gasteiger charge is 2.63. The average molecular weight is 470 g/mol. The summed E-state index contributed by atoms with van der Waals surface area (Å²) in [6.07, 6.45) is -1.31. The number of nitrogens with zero attached hydrogens (tertiary/aromatic N) is 1. The molecule has 1 aromatic heterocycles. The lowest BCUT2D eigenvalue weighted by Gasteiger charge is -2.34. The van der Waals surface area contributed by atoms with Crippen molar-refractivity contribution in [3.63, 3.8) is 0 Å². The lowest BCUT2D eigenvalue weighted by molar-refractivity contribution is -0.165. The zero-order chi connectivity index (χ0) is 24.2. The molecule has 0 saturated carbocycles. The first kappa shape index (κ1) is 24.0. The lowest BCUT2D eigenvalue weighted by Crippen LogP contribution is -2.54. The Hall–Kier alpha value is -3.11. The van der Waals surface area contributed by atoms with Crippen LogP contribution in [-0.4, -0.2) is 45.2 Å². The Morgan fingerprint density at radius 3 is 2.24 bits per heavy atom. The normalized spacial score (nSPS) is 26.6. The summed E-state index contributed by atoms with van der Waals surface area (Å²) in [6.45, 7) is 0.426. The van der Waals surface area contributed by atoms with Gasteiger partial charge in [0.05, 0.1) is 19.8 Å². The van der Waals surface area contributed by atoms with Crippen LogP contribution in [0.2, 0.25) is 0 Å². The summed E-state index contributed by atoms with van der Waals surface area (Å²) in [5.41, 5.74) is -3.22. The van der Waals surface area contributed by atoms with Crippen LogP contribution in [0.4, 0.5) is 4.39 Å². The Balaban J connectivity index is 1.64. The Kier molecular flexibility index (Phi) is 7.08. The highest BCUT2D eigenvalue weighted by Crippen LogP contribution is 2.46. The summed E-state index contributed by atoms with van der Waals surface area (Å²) in [6, 6.07) is 19.7. The van der Waals surface area contributed by atoms with E-state index >= 15 is 0 Å². The van der Waals surface area contributed by atoms with E-state index in [4.69, 9.17) is 14.2 Å². The SMILES string of the molecule is C[C@]1(O)[C@H](OCc2ccccc2)[C@@](CF)(COCc2ccccc2)O[C@H]1n1ccc(=O)[nH]c1=O. The van der Waals surface area contributed by atoms with Crippen LogP contribution in [0.15, 0.2) is 82.5 Å². The molecule has 9 heteroatoms. The fourth-order valence-corrected chi connectivity index (χ4v) is 4.26. The molecule has 180 valence electrons. The number of aromatic nitrogens is 2. The van der Waals surface area contributed by atoms with Crippen molar-refractivity contribution in [1.82, 2.24) is 9.55 Å². The molecule has 2 heterocycles. The van der Waals surface area contributed by atoms with E-state index in [2.05, 4.69) is 4.98 Å². The Morgan fingerprint density at radius 2 is 1.65 bits per heavy atom. The number of nitrogens with one attached hydrogen (secondary N) is 1. The zero-order valence-corrected chi connectivity index (χ0v) is 18.7. The van der Waals surface area contributed by atoms with Crippen molar-refractivity contribution in [3.8, 4) is 0 Å². The molecule has 2 aromatic carbocycles. The molecule has 34 heavy (non-hydrogen) atoms. The van der Waals surface area contributed by atoms with Crippen LogP contribution in [0.25, 0.3) is 0 Å². The molecule has 0 bridgehead atoms. The van der Waals surface area contributed by atoms with Gasteiger partial charge in [0.25, 0.3) is 5.56 Å². The zero-order valence-electron chi connectivity index (χ0n) is 18.7. The van der Waals surface area contributed by atoms with Gasteiger partial charge in [-0.25, -0.2) is 9.18 Å². The summed E-state index contributed by atoms with van der Waals surface area (Å²) in [5.74, 6) is 0. The maximum Gasteiger partial charge on any atom is 0.330 e. The minimum Gasteiger partial charge on any atom is -0.383 e. The van der Waals surface area contributed by atoms with Crippen LogP contribution in [0.5, 0.6) is 0 Å². The molecule has 1 fully saturated rings. The van der Waals surface area contributed by atoms with E-state index < -0.39 is 41.5 Å². The van der Waals surface area contributed by atoms with Gasteiger partial charge in [-0.3, -0.25) is 14.3 Å². The number of hydrogen-bond acceptors (Lipinski definition) is 6. The minimum absolute atomic E-state index is 0.0820. The number of halogens is 1. The van der Waals surface area contributed by atoms with Crippen LogP contribution < -0.4 is 11.2 Å². The molecular weight excluding hydrogens is 443 g/mol. The van der Waals surface area contributed by atoms with Crippen molar-refractivity contribution in [2.45, 2.75) is 43.7 Å². The van der Waals surface area contributed by atoms with Gasteiger partial charge in [-0.05, 0) is 18.1 Å². The average Bonchev–Trinajstić information content (AvgIpc) is 3.05. The predicted octanol–water partition coefficient (Wildman–Crippen LogP) is 2.33. The standard InChI is InChI=1S/C25H27FN2O6/c1-24(31)21(33-15-19-10-6-3-7-11-19)25(16-26,17-32-14-18-8-4-2-5-9-18)34-22(24)28-13-12-20(29)27-23(28)30/h2-13,21-22,31H,14-17H2,1H3,(H,27,29,30)/t21-,22+,24-,25+/m0/s1. The predicted molar refractivity (Wildman–Crippen MR) is 122 cm³/mol. The van der Waals surface area contributed by atoms with Crippen LogP contribution >= 0.6 is 0 Å². The van der Waals surface area contributed by atoms with Crippen LogP contribution in [-0.2, 0) is 27.4 Å². The third kappa shape index (κ3) is 4.88. The first-order valence-electron chi connectivity index (χ1n) is 10.9. The minimum atomic E-state index is -1.83. The van der Waals surface area contributed by atoms with Gasteiger partial charge in [0, 0.05) is 12.3 Å². The van der Waals surface area contributed by atoms with Crippen LogP contribution in [0.1, 0.15) is 24.3 Å². The summed E-state index contributed by atoms with van der Waals surface area (Å²) in [4.78, 5) is 26.1. The number of benzene rings is 2. The molecule has 3 aromatic rings. The number of hydrogen-bond donors (Lipinski definition) is 2. The number of aromatic amines is 1. The van der Waals surface area contributed by atoms with E-state index in [0.717, 1.165) is 21.8 Å². The Labute approximate surface area is 195 Å². The van der Waals surface area contributed by atoms with Gasteiger partial charge in [0.2, 0.25) is 0 Å². The molecule has 0 aliphatic carbocycles. The van der Waals surface area contributed by atoms with Gasteiger partial charge in [-0.2, -0.15) is 0 Å². The van der Waals surface area contributed by atoms with Crippen molar-refractivity contribution < 1.29 is 23.7 Å². The molecular formula is C25H27FN2O6. The second-order valence-electron chi connectivity index (χ2n) is 8.57. The molecule has 8 nitrogen and oxygen atoms in total. The van der Waals surface area contributed by atoms with Gasteiger partial charge in [0.15, 0.2) is 11.8 Å². The summed E-state index contributed by atoms with van der Waals surface area (Å²) < 4.78 is 33.6. The van der Waals surface area contributed by atoms with Gasteiger partial charge < -0.3 is 19.3 Å². The number of H-pyrrole nitrogens is 1. The molecule has 1 aliphatic rings. The molecule has 2 N–H and O–H groups in total. The van der Waals surface area contributed by atoms with Crippen LogP contribution in [0.3, 0.4) is 0 Å². The first-order chi connectivity index (χ1) is 16.4. The van der Waals surface area contributed by atoms with Crippen molar-refractivity contribution in [1.29, 1.82) is 0 Å². The van der Waals surface area contributed by atoms with Crippen molar-refractivity contribution >= 4 is 0 Å². The van der Waals surface area contributed by atoms with Crippen molar-refractivity contribution in [2.75, 3.05) is 13.3 Å². The molecule has 0 spiro atoms. The smallest absolute Gasteiger partial charge is 0.330 e. The quantitative estimate of drug-likeness (QED) is 0.498. The molecule has 1 aliphatic heterocycles. The fourth-order valence-electron chi connectivity index (χ4n) is 4.26. The van der Waals surface area contributed by atoms with E-state index in [1.54, 1.807) is 0 Å². The number of alkyl halides is 1. The van der Waals surface area contributed by atoms with Gasteiger partial charge in [0.1, 0.15) is 18.4 Å². The third-order valence-electron chi connectivity index (χ3n) is 5.90. The maximum absolute atomic E-state index is 14.7.